The zero-order chi connectivity index (χ0) is 14.3. The summed E-state index contributed by atoms with van der Waals surface area (Å²) in [6, 6.07) is 0. The van der Waals surface area contributed by atoms with Gasteiger partial charge in [0.15, 0.2) is 5.03 Å². The number of H-pyrrole nitrogens is 1. The molecule has 0 amide bonds. The van der Waals surface area contributed by atoms with Crippen molar-refractivity contribution in [1.29, 1.82) is 0 Å². The van der Waals surface area contributed by atoms with Gasteiger partial charge in [0.25, 0.3) is 10.0 Å². The third kappa shape index (κ3) is 4.48. The molecule has 0 radical (unpaired) electrons. The van der Waals surface area contributed by atoms with Crippen molar-refractivity contribution in [3.05, 3.63) is 11.8 Å². The summed E-state index contributed by atoms with van der Waals surface area (Å²) in [5, 5.41) is 9.84. The fraction of sp³-hybridized carbons (Fsp3) is 0.727. The van der Waals surface area contributed by atoms with E-state index in [1.54, 1.807) is 25.0 Å². The molecule has 1 rings (SSSR count). The Morgan fingerprint density at radius 3 is 2.89 bits per heavy atom. The molecular formula is C11H22N4O2S2. The average Bonchev–Trinajstić information content (AvgIpc) is 2.85. The maximum atomic E-state index is 12.4. The smallest absolute Gasteiger partial charge is 0.260 e. The Morgan fingerprint density at radius 2 is 2.26 bits per heavy atom. The Balaban J connectivity index is 2.80. The van der Waals surface area contributed by atoms with Crippen molar-refractivity contribution in [1.82, 2.24) is 19.8 Å². The molecule has 1 aromatic heterocycles. The Kier molecular flexibility index (Phi) is 6.84. The van der Waals surface area contributed by atoms with Crippen LogP contribution in [0.3, 0.4) is 0 Å². The number of rotatable bonds is 9. The van der Waals surface area contributed by atoms with Crippen molar-refractivity contribution in [2.24, 2.45) is 0 Å². The molecule has 6 nitrogen and oxygen atoms in total. The van der Waals surface area contributed by atoms with Crippen LogP contribution >= 0.6 is 11.8 Å². The van der Waals surface area contributed by atoms with Gasteiger partial charge in [-0.05, 0) is 19.2 Å². The van der Waals surface area contributed by atoms with E-state index in [-0.39, 0.29) is 5.03 Å². The summed E-state index contributed by atoms with van der Waals surface area (Å²) in [6.45, 7) is 3.92. The molecule has 0 saturated carbocycles. The van der Waals surface area contributed by atoms with Crippen LogP contribution in [0.5, 0.6) is 0 Å². The second-order valence-corrected chi connectivity index (χ2v) is 7.19. The van der Waals surface area contributed by atoms with Crippen LogP contribution in [0, 0.1) is 0 Å². The van der Waals surface area contributed by atoms with E-state index in [4.69, 9.17) is 0 Å². The molecule has 2 N–H and O–H groups in total. The number of aromatic amines is 1. The van der Waals surface area contributed by atoms with Crippen molar-refractivity contribution >= 4 is 21.8 Å². The van der Waals surface area contributed by atoms with E-state index in [0.29, 0.717) is 18.7 Å². The van der Waals surface area contributed by atoms with Crippen LogP contribution in [0.1, 0.15) is 18.9 Å². The Morgan fingerprint density at radius 1 is 1.53 bits per heavy atom. The minimum absolute atomic E-state index is 0.194. The first-order valence-corrected chi connectivity index (χ1v) is 9.05. The molecule has 0 atom stereocenters. The van der Waals surface area contributed by atoms with Crippen LogP contribution in [0.15, 0.2) is 11.2 Å². The van der Waals surface area contributed by atoms with Crippen LogP contribution in [0.2, 0.25) is 0 Å². The van der Waals surface area contributed by atoms with Gasteiger partial charge in [-0.1, -0.05) is 6.92 Å². The Labute approximate surface area is 119 Å². The summed E-state index contributed by atoms with van der Waals surface area (Å²) < 4.78 is 26.1. The normalized spacial score (nSPS) is 12.2. The number of thioether (sulfide) groups is 1. The van der Waals surface area contributed by atoms with Crippen molar-refractivity contribution in [3.63, 3.8) is 0 Å². The molecule has 0 aromatic carbocycles. The molecule has 1 heterocycles. The molecule has 19 heavy (non-hydrogen) atoms. The second kappa shape index (κ2) is 7.88. The van der Waals surface area contributed by atoms with Crippen molar-refractivity contribution in [3.8, 4) is 0 Å². The van der Waals surface area contributed by atoms with Gasteiger partial charge in [0.1, 0.15) is 0 Å². The number of aromatic nitrogens is 2. The predicted octanol–water partition coefficient (Wildman–Crippen LogP) is 0.893. The van der Waals surface area contributed by atoms with Crippen LogP contribution in [0.25, 0.3) is 0 Å². The highest BCUT2D eigenvalue weighted by molar-refractivity contribution is 7.98. The van der Waals surface area contributed by atoms with Crippen LogP contribution in [-0.4, -0.2) is 55.1 Å². The average molecular weight is 306 g/mol. The number of hydrogen-bond acceptors (Lipinski definition) is 5. The van der Waals surface area contributed by atoms with Gasteiger partial charge in [-0.25, -0.2) is 8.42 Å². The van der Waals surface area contributed by atoms with Crippen LogP contribution in [0.4, 0.5) is 0 Å². The first-order chi connectivity index (χ1) is 9.04. The lowest BCUT2D eigenvalue weighted by Crippen LogP contribution is -2.30. The number of hydrogen-bond donors (Lipinski definition) is 2. The van der Waals surface area contributed by atoms with Gasteiger partial charge in [-0.2, -0.15) is 21.2 Å². The third-order valence-electron chi connectivity index (χ3n) is 2.70. The lowest BCUT2D eigenvalue weighted by atomic mass is 10.3. The van der Waals surface area contributed by atoms with Gasteiger partial charge in [0.2, 0.25) is 0 Å². The highest BCUT2D eigenvalue weighted by Gasteiger charge is 2.25. The van der Waals surface area contributed by atoms with Crippen LogP contribution < -0.4 is 5.32 Å². The summed E-state index contributed by atoms with van der Waals surface area (Å²) in [7, 11) is -1.88. The fourth-order valence-electron chi connectivity index (χ4n) is 1.54. The van der Waals surface area contributed by atoms with E-state index in [9.17, 15) is 8.42 Å². The summed E-state index contributed by atoms with van der Waals surface area (Å²) in [5.74, 6) is 0.771. The van der Waals surface area contributed by atoms with E-state index in [1.807, 2.05) is 6.26 Å². The number of sulfonamides is 1. The SMILES string of the molecule is CCCNCc1cn[nH]c1S(=O)(=O)N(C)CCSC. The zero-order valence-corrected chi connectivity index (χ0v) is 13.3. The van der Waals surface area contributed by atoms with Gasteiger partial charge in [-0.15, -0.1) is 0 Å². The lowest BCUT2D eigenvalue weighted by molar-refractivity contribution is 0.483. The second-order valence-electron chi connectivity index (χ2n) is 4.22. The van der Waals surface area contributed by atoms with Gasteiger partial charge in [0.05, 0.1) is 6.20 Å². The molecule has 110 valence electrons. The van der Waals surface area contributed by atoms with Gasteiger partial charge < -0.3 is 5.32 Å². The van der Waals surface area contributed by atoms with E-state index in [0.717, 1.165) is 18.7 Å². The molecule has 0 bridgehead atoms. The number of nitrogens with one attached hydrogen (secondary N) is 2. The molecule has 0 aliphatic heterocycles. The molecule has 8 heteroatoms. The molecule has 0 aliphatic carbocycles. The number of nitrogens with zero attached hydrogens (tertiary/aromatic N) is 2. The lowest BCUT2D eigenvalue weighted by Gasteiger charge is -2.16. The highest BCUT2D eigenvalue weighted by atomic mass is 32.2. The monoisotopic (exact) mass is 306 g/mol. The fourth-order valence-corrected chi connectivity index (χ4v) is 3.38. The predicted molar refractivity (Wildman–Crippen MR) is 78.8 cm³/mol. The largest absolute Gasteiger partial charge is 0.313 e. The standard InChI is InChI=1S/C11H22N4O2S2/c1-4-5-12-8-10-9-13-14-11(10)19(16,17)15(2)6-7-18-3/h9,12H,4-8H2,1-3H3,(H,13,14). The zero-order valence-electron chi connectivity index (χ0n) is 11.6. The minimum atomic E-state index is -3.47. The Bertz CT molecular complexity index is 473. The van der Waals surface area contributed by atoms with Crippen molar-refractivity contribution < 1.29 is 8.42 Å². The molecule has 0 spiro atoms. The van der Waals surface area contributed by atoms with E-state index in [2.05, 4.69) is 22.4 Å². The van der Waals surface area contributed by atoms with Gasteiger partial charge in [-0.3, -0.25) is 5.10 Å². The first kappa shape index (κ1) is 16.5. The molecule has 0 fully saturated rings. The highest BCUT2D eigenvalue weighted by Crippen LogP contribution is 2.16. The Hall–Kier alpha value is -0.570. The van der Waals surface area contributed by atoms with E-state index in [1.165, 1.54) is 4.31 Å². The summed E-state index contributed by atoms with van der Waals surface area (Å²) in [6.07, 6.45) is 4.53. The van der Waals surface area contributed by atoms with Crippen LogP contribution in [-0.2, 0) is 16.6 Å². The maximum absolute atomic E-state index is 12.4. The molecular weight excluding hydrogens is 284 g/mol. The summed E-state index contributed by atoms with van der Waals surface area (Å²) in [5.41, 5.74) is 0.685. The topological polar surface area (TPSA) is 78.1 Å². The van der Waals surface area contributed by atoms with E-state index < -0.39 is 10.0 Å². The molecule has 0 saturated heterocycles. The summed E-state index contributed by atoms with van der Waals surface area (Å²) in [4.78, 5) is 0. The quantitative estimate of drug-likeness (QED) is 0.663. The first-order valence-electron chi connectivity index (χ1n) is 6.22. The third-order valence-corrected chi connectivity index (χ3v) is 5.16. The van der Waals surface area contributed by atoms with Gasteiger partial charge >= 0.3 is 0 Å². The van der Waals surface area contributed by atoms with Crippen molar-refractivity contribution in [2.45, 2.75) is 24.9 Å². The van der Waals surface area contributed by atoms with Gasteiger partial charge in [0, 0.05) is 31.5 Å². The van der Waals surface area contributed by atoms with E-state index >= 15 is 0 Å². The molecule has 1 aromatic rings. The molecule has 0 aliphatic rings. The summed E-state index contributed by atoms with van der Waals surface area (Å²) >= 11 is 1.62. The van der Waals surface area contributed by atoms with Crippen molar-refractivity contribution in [2.75, 3.05) is 32.1 Å². The minimum Gasteiger partial charge on any atom is -0.313 e. The molecule has 0 unspecified atom stereocenters. The maximum Gasteiger partial charge on any atom is 0.260 e.